The molecule has 1 aromatic carbocycles. The lowest BCUT2D eigenvalue weighted by Gasteiger charge is -2.41. The molecule has 1 N–H and O–H groups in total. The number of hydrogen-bond acceptors (Lipinski definition) is 1. The van der Waals surface area contributed by atoms with E-state index in [9.17, 15) is 9.18 Å². The fraction of sp³-hybridized carbons (Fsp3) is 0.500. The van der Waals surface area contributed by atoms with Gasteiger partial charge in [0.2, 0.25) is 0 Å². The predicted octanol–water partition coefficient (Wildman–Crippen LogP) is 0.614. The highest BCUT2D eigenvalue weighted by atomic mass is 19.1. The summed E-state index contributed by atoms with van der Waals surface area (Å²) in [6.45, 7) is 2.16. The van der Waals surface area contributed by atoms with E-state index < -0.39 is 0 Å². The van der Waals surface area contributed by atoms with Gasteiger partial charge in [0, 0.05) is 25.2 Å². The van der Waals surface area contributed by atoms with Crippen molar-refractivity contribution in [1.29, 1.82) is 0 Å². The molecule has 1 aromatic rings. The Balaban J connectivity index is 1.81. The molecule has 2 nitrogen and oxygen atoms in total. The van der Waals surface area contributed by atoms with Crippen molar-refractivity contribution in [3.8, 4) is 0 Å². The molecule has 3 aliphatic heterocycles. The molecule has 17 heavy (non-hydrogen) atoms. The second-order valence-corrected chi connectivity index (χ2v) is 5.18. The Morgan fingerprint density at radius 1 is 1.24 bits per heavy atom. The molecular weight excluding hydrogens is 217 g/mol. The summed E-state index contributed by atoms with van der Waals surface area (Å²) in [7, 11) is 0. The quantitative estimate of drug-likeness (QED) is 0.795. The number of quaternary nitrogens is 1. The molecule has 0 aliphatic carbocycles. The van der Waals surface area contributed by atoms with Crippen LogP contribution in [0.25, 0.3) is 0 Å². The third kappa shape index (κ3) is 1.89. The summed E-state index contributed by atoms with van der Waals surface area (Å²) in [5, 5.41) is 0. The number of nitrogens with one attached hydrogen (secondary N) is 1. The molecule has 0 saturated carbocycles. The number of fused-ring (bicyclic) bond motifs is 3. The molecule has 90 valence electrons. The van der Waals surface area contributed by atoms with E-state index in [2.05, 4.69) is 0 Å². The topological polar surface area (TPSA) is 21.5 Å². The van der Waals surface area contributed by atoms with Crippen molar-refractivity contribution in [2.24, 2.45) is 5.92 Å². The average molecular weight is 234 g/mol. The molecule has 0 spiro atoms. The number of piperidine rings is 3. The van der Waals surface area contributed by atoms with Crippen molar-refractivity contribution < 1.29 is 14.1 Å². The van der Waals surface area contributed by atoms with Gasteiger partial charge in [-0.05, 0) is 11.6 Å². The van der Waals surface area contributed by atoms with Gasteiger partial charge in [-0.25, -0.2) is 4.39 Å². The molecule has 2 bridgehead atoms. The Morgan fingerprint density at radius 2 is 1.94 bits per heavy atom. The number of Topliss-reactive ketones (excluding diaryl/α,β-unsaturated/α-hetero) is 1. The number of carbonyl (C=O) groups is 1. The fourth-order valence-electron chi connectivity index (χ4n) is 3.24. The van der Waals surface area contributed by atoms with Gasteiger partial charge in [-0.3, -0.25) is 4.79 Å². The van der Waals surface area contributed by atoms with E-state index in [4.69, 9.17) is 0 Å². The highest BCUT2D eigenvalue weighted by Crippen LogP contribution is 2.20. The molecule has 1 atom stereocenters. The van der Waals surface area contributed by atoms with Crippen LogP contribution in [-0.2, 0) is 11.2 Å². The second-order valence-electron chi connectivity index (χ2n) is 5.18. The Kier molecular flexibility index (Phi) is 2.71. The molecule has 4 rings (SSSR count). The minimum atomic E-state index is -0.178. The summed E-state index contributed by atoms with van der Waals surface area (Å²) >= 11 is 0. The lowest BCUT2D eigenvalue weighted by Crippen LogP contribution is -3.20. The van der Waals surface area contributed by atoms with Crippen LogP contribution in [0.5, 0.6) is 0 Å². The highest BCUT2D eigenvalue weighted by Gasteiger charge is 2.44. The van der Waals surface area contributed by atoms with Gasteiger partial charge in [0.25, 0.3) is 0 Å². The molecule has 3 saturated heterocycles. The summed E-state index contributed by atoms with van der Waals surface area (Å²) in [4.78, 5) is 13.5. The number of ketones is 1. The third-order valence-electron chi connectivity index (χ3n) is 4.25. The van der Waals surface area contributed by atoms with Gasteiger partial charge >= 0.3 is 0 Å². The van der Waals surface area contributed by atoms with Crippen LogP contribution in [0.3, 0.4) is 0 Å². The molecule has 3 heterocycles. The zero-order valence-corrected chi connectivity index (χ0v) is 9.79. The van der Waals surface area contributed by atoms with E-state index in [0.717, 1.165) is 25.9 Å². The highest BCUT2D eigenvalue weighted by molar-refractivity contribution is 5.86. The number of hydrogen-bond donors (Lipinski definition) is 1. The molecule has 3 fully saturated rings. The summed E-state index contributed by atoms with van der Waals surface area (Å²) in [5.74, 6) is 0.437. The van der Waals surface area contributed by atoms with E-state index >= 15 is 0 Å². The molecular formula is C14H17FNO+. The van der Waals surface area contributed by atoms with Crippen molar-refractivity contribution in [3.63, 3.8) is 0 Å². The van der Waals surface area contributed by atoms with E-state index in [-0.39, 0.29) is 17.8 Å². The Labute approximate surface area is 100 Å². The molecule has 0 aromatic heterocycles. The zero-order chi connectivity index (χ0) is 11.8. The van der Waals surface area contributed by atoms with Crippen molar-refractivity contribution in [2.75, 3.05) is 13.1 Å². The third-order valence-corrected chi connectivity index (χ3v) is 4.25. The second kappa shape index (κ2) is 4.22. The maximum Gasteiger partial charge on any atom is 0.193 e. The monoisotopic (exact) mass is 234 g/mol. The average Bonchev–Trinajstić information content (AvgIpc) is 2.36. The normalized spacial score (nSPS) is 31.8. The maximum absolute atomic E-state index is 13.6. The van der Waals surface area contributed by atoms with E-state index in [1.165, 1.54) is 11.0 Å². The largest absolute Gasteiger partial charge is 0.326 e. The van der Waals surface area contributed by atoms with Crippen molar-refractivity contribution in [1.82, 2.24) is 0 Å². The van der Waals surface area contributed by atoms with Crippen LogP contribution in [0.2, 0.25) is 0 Å². The van der Waals surface area contributed by atoms with E-state index in [0.29, 0.717) is 17.8 Å². The first-order valence-electron chi connectivity index (χ1n) is 6.37. The lowest BCUT2D eigenvalue weighted by atomic mass is 9.80. The fourth-order valence-corrected chi connectivity index (χ4v) is 3.24. The first-order valence-corrected chi connectivity index (χ1v) is 6.37. The zero-order valence-electron chi connectivity index (χ0n) is 9.79. The van der Waals surface area contributed by atoms with Gasteiger partial charge < -0.3 is 4.90 Å². The van der Waals surface area contributed by atoms with E-state index in [1.54, 1.807) is 12.1 Å². The number of carbonyl (C=O) groups excluding carboxylic acids is 1. The van der Waals surface area contributed by atoms with Gasteiger partial charge in [-0.2, -0.15) is 0 Å². The summed E-state index contributed by atoms with van der Waals surface area (Å²) in [6, 6.07) is 6.81. The smallest absolute Gasteiger partial charge is 0.193 e. The van der Waals surface area contributed by atoms with Crippen LogP contribution >= 0.6 is 0 Å². The van der Waals surface area contributed by atoms with Crippen molar-refractivity contribution in [3.05, 3.63) is 35.6 Å². The molecule has 3 heteroatoms. The van der Waals surface area contributed by atoms with Crippen LogP contribution < -0.4 is 4.90 Å². The van der Waals surface area contributed by atoms with Gasteiger partial charge in [-0.15, -0.1) is 0 Å². The molecule has 0 amide bonds. The molecule has 3 aliphatic rings. The lowest BCUT2D eigenvalue weighted by molar-refractivity contribution is -0.927. The number of benzene rings is 1. The van der Waals surface area contributed by atoms with Crippen molar-refractivity contribution in [2.45, 2.75) is 25.3 Å². The Hall–Kier alpha value is -1.22. The first-order chi connectivity index (χ1) is 8.25. The summed E-state index contributed by atoms with van der Waals surface area (Å²) in [5.41, 5.74) is 0.686. The standard InChI is InChI=1S/C14H16FNO/c15-12-4-2-1-3-11(12)9-13-14(17)10-5-7-16(13)8-6-10/h1-4,10,13H,5-9H2/p+1/t13-/m1/s1. The van der Waals surface area contributed by atoms with Crippen molar-refractivity contribution >= 4 is 5.78 Å². The van der Waals surface area contributed by atoms with Gasteiger partial charge in [-0.1, -0.05) is 18.2 Å². The molecule has 0 radical (unpaired) electrons. The van der Waals surface area contributed by atoms with Gasteiger partial charge in [0.05, 0.1) is 13.1 Å². The number of rotatable bonds is 2. The SMILES string of the molecule is O=C1C2CC[NH+](CC2)[C@@H]1Cc1ccccc1F. The van der Waals surface area contributed by atoms with Crippen LogP contribution in [0, 0.1) is 11.7 Å². The summed E-state index contributed by atoms with van der Waals surface area (Å²) in [6.07, 6.45) is 2.63. The predicted molar refractivity (Wildman–Crippen MR) is 62.3 cm³/mol. The molecule has 0 unspecified atom stereocenters. The minimum absolute atomic E-state index is 0.000556. The Bertz CT molecular complexity index is 438. The van der Waals surface area contributed by atoms with Crippen LogP contribution in [0.4, 0.5) is 4.39 Å². The van der Waals surface area contributed by atoms with Crippen LogP contribution in [-0.4, -0.2) is 24.9 Å². The van der Waals surface area contributed by atoms with E-state index in [1.807, 2.05) is 6.07 Å². The van der Waals surface area contributed by atoms with Crippen LogP contribution in [0.15, 0.2) is 24.3 Å². The number of halogens is 1. The van der Waals surface area contributed by atoms with Crippen LogP contribution in [0.1, 0.15) is 18.4 Å². The minimum Gasteiger partial charge on any atom is -0.326 e. The maximum atomic E-state index is 13.6. The first kappa shape index (κ1) is 10.9. The van der Waals surface area contributed by atoms with Gasteiger partial charge in [0.15, 0.2) is 11.8 Å². The Morgan fingerprint density at radius 3 is 2.59 bits per heavy atom. The van der Waals surface area contributed by atoms with Gasteiger partial charge in [0.1, 0.15) is 5.82 Å². The summed E-state index contributed by atoms with van der Waals surface area (Å²) < 4.78 is 13.6.